The van der Waals surface area contributed by atoms with E-state index in [2.05, 4.69) is 83.6 Å². The number of aromatic nitrogens is 4. The summed E-state index contributed by atoms with van der Waals surface area (Å²) in [5.74, 6) is 0.925. The van der Waals surface area contributed by atoms with Gasteiger partial charge in [-0.25, -0.2) is 19.6 Å². The second-order valence-corrected chi connectivity index (χ2v) is 13.2. The number of hydrogen-bond donors (Lipinski definition) is 4. The molecule has 0 saturated heterocycles. The molecule has 0 unspecified atom stereocenters. The van der Waals surface area contributed by atoms with E-state index in [0.29, 0.717) is 37.8 Å². The first-order valence-corrected chi connectivity index (χ1v) is 18.2. The summed E-state index contributed by atoms with van der Waals surface area (Å²) in [5, 5.41) is 4.91. The van der Waals surface area contributed by atoms with Gasteiger partial charge >= 0.3 is 12.2 Å². The number of benzene rings is 3. The molecule has 1 aliphatic carbocycles. The molecule has 14 nitrogen and oxygen atoms in total. The summed E-state index contributed by atoms with van der Waals surface area (Å²) in [6.07, 6.45) is 3.86. The maximum Gasteiger partial charge on any atom is 0.407 e. The van der Waals surface area contributed by atoms with Gasteiger partial charge in [0.25, 0.3) is 0 Å². The number of carbonyl (C=O) groups is 4. The van der Waals surface area contributed by atoms with Crippen LogP contribution >= 0.6 is 0 Å². The van der Waals surface area contributed by atoms with Gasteiger partial charge in [0, 0.05) is 13.1 Å². The maximum atomic E-state index is 12.8. The Hall–Kier alpha value is -6.18. The van der Waals surface area contributed by atoms with Gasteiger partial charge in [0.2, 0.25) is 11.8 Å². The van der Waals surface area contributed by atoms with E-state index in [4.69, 9.17) is 4.98 Å². The normalized spacial score (nSPS) is 11.7. The Morgan fingerprint density at radius 3 is 1.83 bits per heavy atom. The van der Waals surface area contributed by atoms with Crippen molar-refractivity contribution in [3.8, 4) is 33.5 Å². The van der Waals surface area contributed by atoms with Crippen LogP contribution in [0.2, 0.25) is 0 Å². The van der Waals surface area contributed by atoms with Gasteiger partial charge in [-0.1, -0.05) is 50.2 Å². The van der Waals surface area contributed by atoms with Crippen LogP contribution in [0.4, 0.5) is 9.59 Å². The maximum absolute atomic E-state index is 12.8. The van der Waals surface area contributed by atoms with E-state index in [1.807, 2.05) is 19.9 Å². The van der Waals surface area contributed by atoms with E-state index < -0.39 is 12.2 Å². The average Bonchev–Trinajstić information content (AvgIpc) is 3.84. The topological polar surface area (TPSA) is 175 Å². The van der Waals surface area contributed by atoms with Crippen molar-refractivity contribution in [2.75, 3.05) is 40.4 Å². The number of aromatic amines is 2. The number of nitrogens with one attached hydrogen (secondary N) is 4. The van der Waals surface area contributed by atoms with Crippen molar-refractivity contribution < 1.29 is 28.7 Å². The zero-order valence-corrected chi connectivity index (χ0v) is 31.1. The van der Waals surface area contributed by atoms with Crippen LogP contribution in [0.3, 0.4) is 0 Å². The molecule has 4 N–H and O–H groups in total. The average molecular weight is 735 g/mol. The third-order valence-electron chi connectivity index (χ3n) is 9.48. The van der Waals surface area contributed by atoms with E-state index in [-0.39, 0.29) is 24.9 Å². The van der Waals surface area contributed by atoms with Crippen molar-refractivity contribution in [1.82, 2.24) is 40.4 Å². The monoisotopic (exact) mass is 734 g/mol. The Kier molecular flexibility index (Phi) is 11.9. The third-order valence-corrected chi connectivity index (χ3v) is 9.48. The largest absolute Gasteiger partial charge is 0.453 e. The molecule has 5 aromatic rings. The SMILES string of the molecule is CCCN(Cc1ncc(-c2ccc3c(c2)CCc2cc(-c4ccc5nc(CN(CCC)C(=O)CNC(=O)OC)[nH]c5c4)ccc2-3)[nH]1)C(=O)CNC(=O)OC. The molecular weight excluding hydrogens is 688 g/mol. The van der Waals surface area contributed by atoms with Crippen LogP contribution in [-0.2, 0) is 45.0 Å². The van der Waals surface area contributed by atoms with Crippen molar-refractivity contribution in [2.24, 2.45) is 0 Å². The number of aryl methyl sites for hydroxylation is 2. The second kappa shape index (κ2) is 17.1. The van der Waals surface area contributed by atoms with Crippen LogP contribution in [0, 0.1) is 0 Å². The van der Waals surface area contributed by atoms with Crippen molar-refractivity contribution in [3.63, 3.8) is 0 Å². The van der Waals surface area contributed by atoms with Crippen LogP contribution in [0.5, 0.6) is 0 Å². The molecule has 0 fully saturated rings. The predicted molar refractivity (Wildman–Crippen MR) is 204 cm³/mol. The molecular formula is C40H46N8O6. The Labute approximate surface area is 313 Å². The van der Waals surface area contributed by atoms with Crippen molar-refractivity contribution in [2.45, 2.75) is 52.6 Å². The molecule has 0 spiro atoms. The number of hydrogen-bond acceptors (Lipinski definition) is 8. The molecule has 0 bridgehead atoms. The van der Waals surface area contributed by atoms with Crippen molar-refractivity contribution in [1.29, 1.82) is 0 Å². The minimum Gasteiger partial charge on any atom is -0.453 e. The molecule has 3 aromatic carbocycles. The zero-order chi connectivity index (χ0) is 38.2. The summed E-state index contributed by atoms with van der Waals surface area (Å²) in [6, 6.07) is 19.3. The zero-order valence-electron chi connectivity index (χ0n) is 31.1. The standard InChI is InChI=1S/C40H46N8O6/c1-5-15-47(37(49)21-42-39(51)53-3)23-35-41-20-34(46-35)29-10-13-31-28(18-29)8-7-27-17-25(9-12-30(27)31)26-11-14-32-33(19-26)45-36(44-32)24-48(16-6-2)38(50)22-43-40(52)54-4/h9-14,17-20H,5-8,15-16,21-24H2,1-4H3,(H,41,46)(H,42,51)(H,43,52)(H,44,45). The van der Waals surface area contributed by atoms with E-state index in [1.165, 1.54) is 36.5 Å². The number of carbonyl (C=O) groups excluding carboxylic acids is 4. The van der Waals surface area contributed by atoms with Crippen LogP contribution in [0.25, 0.3) is 44.5 Å². The fraction of sp³-hybridized carbons (Fsp3) is 0.350. The van der Waals surface area contributed by atoms with Gasteiger partial charge in [-0.3, -0.25) is 9.59 Å². The molecule has 0 saturated carbocycles. The molecule has 2 aromatic heterocycles. The summed E-state index contributed by atoms with van der Waals surface area (Å²) in [7, 11) is 2.52. The lowest BCUT2D eigenvalue weighted by Gasteiger charge is -2.22. The fourth-order valence-corrected chi connectivity index (χ4v) is 6.80. The molecule has 54 heavy (non-hydrogen) atoms. The van der Waals surface area contributed by atoms with Crippen LogP contribution in [0.15, 0.2) is 60.8 Å². The van der Waals surface area contributed by atoms with Gasteiger partial charge in [-0.05, 0) is 82.8 Å². The second-order valence-electron chi connectivity index (χ2n) is 13.2. The first kappa shape index (κ1) is 37.6. The molecule has 282 valence electrons. The summed E-state index contributed by atoms with van der Waals surface area (Å²) >= 11 is 0. The molecule has 0 aliphatic heterocycles. The number of H-pyrrole nitrogens is 2. The summed E-state index contributed by atoms with van der Waals surface area (Å²) in [6.45, 7) is 5.39. The van der Waals surface area contributed by atoms with Gasteiger partial charge in [0.15, 0.2) is 0 Å². The first-order chi connectivity index (χ1) is 26.2. The highest BCUT2D eigenvalue weighted by atomic mass is 16.5. The molecule has 2 heterocycles. The van der Waals surface area contributed by atoms with Crippen LogP contribution < -0.4 is 10.6 Å². The summed E-state index contributed by atoms with van der Waals surface area (Å²) in [5.41, 5.74) is 10.8. The molecule has 6 rings (SSSR count). The fourth-order valence-electron chi connectivity index (χ4n) is 6.80. The number of fused-ring (bicyclic) bond motifs is 4. The highest BCUT2D eigenvalue weighted by Crippen LogP contribution is 2.38. The number of alkyl carbamates (subject to hydrolysis) is 2. The van der Waals surface area contributed by atoms with E-state index in [9.17, 15) is 19.2 Å². The van der Waals surface area contributed by atoms with Crippen molar-refractivity contribution >= 4 is 35.0 Å². The predicted octanol–water partition coefficient (Wildman–Crippen LogP) is 5.57. The molecule has 1 aliphatic rings. The van der Waals surface area contributed by atoms with Gasteiger partial charge in [0.05, 0.1) is 50.2 Å². The Morgan fingerprint density at radius 1 is 0.704 bits per heavy atom. The molecule has 0 radical (unpaired) electrons. The Bertz CT molecular complexity index is 2160. The highest BCUT2D eigenvalue weighted by Gasteiger charge is 2.21. The van der Waals surface area contributed by atoms with Crippen LogP contribution in [0.1, 0.15) is 49.5 Å². The third kappa shape index (κ3) is 8.71. The number of nitrogens with zero attached hydrogens (tertiary/aromatic N) is 4. The highest BCUT2D eigenvalue weighted by molar-refractivity contribution is 5.85. The van der Waals surface area contributed by atoms with Crippen LogP contribution in [-0.4, -0.2) is 94.1 Å². The minimum atomic E-state index is -0.645. The molecule has 0 atom stereocenters. The number of ether oxygens (including phenoxy) is 2. The first-order valence-electron chi connectivity index (χ1n) is 18.2. The minimum absolute atomic E-state index is 0.141. The van der Waals surface area contributed by atoms with E-state index in [0.717, 1.165) is 59.1 Å². The summed E-state index contributed by atoms with van der Waals surface area (Å²) in [4.78, 5) is 67.8. The van der Waals surface area contributed by atoms with Gasteiger partial charge < -0.3 is 39.9 Å². The smallest absolute Gasteiger partial charge is 0.407 e. The number of imidazole rings is 2. The quantitative estimate of drug-likeness (QED) is 0.115. The van der Waals surface area contributed by atoms with Gasteiger partial charge in [0.1, 0.15) is 24.7 Å². The lowest BCUT2D eigenvalue weighted by molar-refractivity contribution is -0.131. The lowest BCUT2D eigenvalue weighted by Crippen LogP contribution is -2.40. The Balaban J connectivity index is 1.14. The number of amides is 4. The number of methoxy groups -OCH3 is 2. The molecule has 4 amide bonds. The summed E-state index contributed by atoms with van der Waals surface area (Å²) < 4.78 is 9.16. The van der Waals surface area contributed by atoms with Gasteiger partial charge in [-0.15, -0.1) is 0 Å². The van der Waals surface area contributed by atoms with Crippen molar-refractivity contribution in [3.05, 3.63) is 83.6 Å². The molecule has 14 heteroatoms. The van der Waals surface area contributed by atoms with E-state index >= 15 is 0 Å². The lowest BCUT2D eigenvalue weighted by atomic mass is 9.83. The van der Waals surface area contributed by atoms with Gasteiger partial charge in [-0.2, -0.15) is 0 Å². The number of rotatable bonds is 14. The Morgan fingerprint density at radius 2 is 1.24 bits per heavy atom. The van der Waals surface area contributed by atoms with E-state index in [1.54, 1.807) is 16.0 Å².